The van der Waals surface area contributed by atoms with Crippen molar-refractivity contribution in [3.05, 3.63) is 11.3 Å². The number of carbonyl (C=O) groups is 2. The van der Waals surface area contributed by atoms with Crippen LogP contribution in [0.3, 0.4) is 0 Å². The Morgan fingerprint density at radius 3 is 2.69 bits per heavy atom. The summed E-state index contributed by atoms with van der Waals surface area (Å²) in [6.07, 6.45) is 5.81. The van der Waals surface area contributed by atoms with Gasteiger partial charge in [0.15, 0.2) is 5.78 Å². The summed E-state index contributed by atoms with van der Waals surface area (Å²) >= 11 is 0. The molecular weight excluding hydrogens is 202 g/mol. The van der Waals surface area contributed by atoms with Gasteiger partial charge in [0.2, 0.25) is 5.91 Å². The van der Waals surface area contributed by atoms with Gasteiger partial charge in [0.25, 0.3) is 0 Å². The fourth-order valence-electron chi connectivity index (χ4n) is 2.55. The van der Waals surface area contributed by atoms with Gasteiger partial charge < -0.3 is 4.90 Å². The van der Waals surface area contributed by atoms with Crippen LogP contribution in [0.25, 0.3) is 0 Å². The molecule has 88 valence electrons. The van der Waals surface area contributed by atoms with E-state index < -0.39 is 0 Å². The molecule has 3 nitrogen and oxygen atoms in total. The first-order valence-corrected chi connectivity index (χ1v) is 6.29. The van der Waals surface area contributed by atoms with Crippen molar-refractivity contribution >= 4 is 11.7 Å². The Morgan fingerprint density at radius 1 is 1.12 bits per heavy atom. The van der Waals surface area contributed by atoms with Crippen LogP contribution in [0, 0.1) is 0 Å². The normalized spacial score (nSPS) is 21.4. The summed E-state index contributed by atoms with van der Waals surface area (Å²) < 4.78 is 0. The number of Topliss-reactive ketones (excluding diaryl/α,β-unsaturated/α-hetero) is 1. The molecule has 0 atom stereocenters. The summed E-state index contributed by atoms with van der Waals surface area (Å²) in [7, 11) is 0. The molecule has 0 bridgehead atoms. The SMILES string of the molecule is CCCCN1C(=O)CCC2=C1CCCC2=O. The zero-order valence-corrected chi connectivity index (χ0v) is 9.92. The lowest BCUT2D eigenvalue weighted by Crippen LogP contribution is -2.37. The van der Waals surface area contributed by atoms with Crippen LogP contribution >= 0.6 is 0 Å². The number of nitrogens with zero attached hydrogens (tertiary/aromatic N) is 1. The Balaban J connectivity index is 2.22. The van der Waals surface area contributed by atoms with Gasteiger partial charge in [-0.25, -0.2) is 0 Å². The summed E-state index contributed by atoms with van der Waals surface area (Å²) in [4.78, 5) is 25.5. The molecule has 0 aromatic heterocycles. The maximum absolute atomic E-state index is 11.8. The van der Waals surface area contributed by atoms with Crippen molar-refractivity contribution in [3.8, 4) is 0 Å². The Morgan fingerprint density at radius 2 is 1.94 bits per heavy atom. The Hall–Kier alpha value is -1.12. The number of hydrogen-bond acceptors (Lipinski definition) is 2. The molecule has 0 radical (unpaired) electrons. The molecule has 16 heavy (non-hydrogen) atoms. The van der Waals surface area contributed by atoms with Gasteiger partial charge in [0, 0.05) is 30.7 Å². The summed E-state index contributed by atoms with van der Waals surface area (Å²) in [5.74, 6) is 0.483. The molecule has 0 spiro atoms. The molecule has 1 aliphatic heterocycles. The third kappa shape index (κ3) is 2.04. The van der Waals surface area contributed by atoms with Crippen LogP contribution in [0.4, 0.5) is 0 Å². The molecule has 0 saturated heterocycles. The van der Waals surface area contributed by atoms with Crippen molar-refractivity contribution in [2.75, 3.05) is 6.54 Å². The molecule has 2 rings (SSSR count). The van der Waals surface area contributed by atoms with Gasteiger partial charge in [-0.1, -0.05) is 13.3 Å². The average Bonchev–Trinajstić information content (AvgIpc) is 2.28. The van der Waals surface area contributed by atoms with Gasteiger partial charge in [0.05, 0.1) is 0 Å². The average molecular weight is 221 g/mol. The summed E-state index contributed by atoms with van der Waals surface area (Å²) in [6.45, 7) is 2.91. The number of hydrogen-bond donors (Lipinski definition) is 0. The molecule has 0 unspecified atom stereocenters. The van der Waals surface area contributed by atoms with Gasteiger partial charge in [-0.15, -0.1) is 0 Å². The minimum absolute atomic E-state index is 0.210. The van der Waals surface area contributed by atoms with Crippen LogP contribution in [0.2, 0.25) is 0 Å². The van der Waals surface area contributed by atoms with E-state index in [0.29, 0.717) is 19.3 Å². The third-order valence-electron chi connectivity index (χ3n) is 3.45. The van der Waals surface area contributed by atoms with Crippen molar-refractivity contribution in [1.82, 2.24) is 4.90 Å². The van der Waals surface area contributed by atoms with E-state index in [9.17, 15) is 9.59 Å². The van der Waals surface area contributed by atoms with E-state index in [0.717, 1.165) is 43.5 Å². The van der Waals surface area contributed by atoms with E-state index in [4.69, 9.17) is 0 Å². The minimum atomic E-state index is 0.210. The highest BCUT2D eigenvalue weighted by molar-refractivity contribution is 5.99. The number of allylic oxidation sites excluding steroid dienone is 2. The van der Waals surface area contributed by atoms with Crippen LogP contribution in [-0.4, -0.2) is 23.1 Å². The van der Waals surface area contributed by atoms with Gasteiger partial charge in [-0.2, -0.15) is 0 Å². The lowest BCUT2D eigenvalue weighted by molar-refractivity contribution is -0.130. The molecule has 1 aliphatic carbocycles. The van der Waals surface area contributed by atoms with Crippen LogP contribution in [0.1, 0.15) is 51.9 Å². The molecule has 3 heteroatoms. The molecular formula is C13H19NO2. The molecule has 0 aromatic carbocycles. The molecule has 1 amide bonds. The van der Waals surface area contributed by atoms with Crippen molar-refractivity contribution in [1.29, 1.82) is 0 Å². The second-order valence-corrected chi connectivity index (χ2v) is 4.60. The van der Waals surface area contributed by atoms with Crippen molar-refractivity contribution in [2.45, 2.75) is 51.9 Å². The standard InChI is InChI=1S/C13H19NO2/c1-2-3-9-14-11-5-4-6-12(15)10(11)7-8-13(14)16/h2-9H2,1H3. The number of ketones is 1. The fourth-order valence-corrected chi connectivity index (χ4v) is 2.55. The van der Waals surface area contributed by atoms with E-state index in [1.807, 2.05) is 4.90 Å². The van der Waals surface area contributed by atoms with E-state index >= 15 is 0 Å². The van der Waals surface area contributed by atoms with E-state index in [-0.39, 0.29) is 11.7 Å². The Bertz CT molecular complexity index is 344. The highest BCUT2D eigenvalue weighted by atomic mass is 16.2. The number of unbranched alkanes of at least 4 members (excludes halogenated alkanes) is 1. The number of carbonyl (C=O) groups excluding carboxylic acids is 2. The lowest BCUT2D eigenvalue weighted by Gasteiger charge is -2.34. The molecule has 2 aliphatic rings. The maximum atomic E-state index is 11.8. The Labute approximate surface area is 96.5 Å². The van der Waals surface area contributed by atoms with Crippen LogP contribution < -0.4 is 0 Å². The molecule has 1 heterocycles. The van der Waals surface area contributed by atoms with E-state index in [1.54, 1.807) is 0 Å². The topological polar surface area (TPSA) is 37.4 Å². The summed E-state index contributed by atoms with van der Waals surface area (Å²) in [5, 5.41) is 0. The zero-order chi connectivity index (χ0) is 11.5. The van der Waals surface area contributed by atoms with E-state index in [2.05, 4.69) is 6.92 Å². The third-order valence-corrected chi connectivity index (χ3v) is 3.45. The van der Waals surface area contributed by atoms with Gasteiger partial charge in [-0.3, -0.25) is 9.59 Å². The maximum Gasteiger partial charge on any atom is 0.227 e. The highest BCUT2D eigenvalue weighted by Gasteiger charge is 2.31. The second kappa shape index (κ2) is 4.81. The van der Waals surface area contributed by atoms with Gasteiger partial charge in [-0.05, 0) is 25.7 Å². The minimum Gasteiger partial charge on any atom is -0.316 e. The monoisotopic (exact) mass is 221 g/mol. The predicted molar refractivity (Wildman–Crippen MR) is 61.7 cm³/mol. The molecule has 0 N–H and O–H groups in total. The highest BCUT2D eigenvalue weighted by Crippen LogP contribution is 2.32. The predicted octanol–water partition coefficient (Wildman–Crippen LogP) is 2.42. The van der Waals surface area contributed by atoms with Crippen molar-refractivity contribution in [2.24, 2.45) is 0 Å². The smallest absolute Gasteiger partial charge is 0.227 e. The number of amides is 1. The molecule has 0 saturated carbocycles. The van der Waals surface area contributed by atoms with Crippen LogP contribution in [0.5, 0.6) is 0 Å². The first-order valence-electron chi connectivity index (χ1n) is 6.29. The van der Waals surface area contributed by atoms with Crippen LogP contribution in [0.15, 0.2) is 11.3 Å². The second-order valence-electron chi connectivity index (χ2n) is 4.60. The number of rotatable bonds is 3. The summed E-state index contributed by atoms with van der Waals surface area (Å²) in [5.41, 5.74) is 1.99. The van der Waals surface area contributed by atoms with Crippen molar-refractivity contribution in [3.63, 3.8) is 0 Å². The largest absolute Gasteiger partial charge is 0.316 e. The van der Waals surface area contributed by atoms with Gasteiger partial charge >= 0.3 is 0 Å². The summed E-state index contributed by atoms with van der Waals surface area (Å²) in [6, 6.07) is 0. The Kier molecular flexibility index (Phi) is 3.42. The molecule has 0 fully saturated rings. The zero-order valence-electron chi connectivity index (χ0n) is 9.92. The quantitative estimate of drug-likeness (QED) is 0.734. The van der Waals surface area contributed by atoms with Crippen LogP contribution in [-0.2, 0) is 9.59 Å². The molecule has 0 aromatic rings. The lowest BCUT2D eigenvalue weighted by atomic mass is 9.88. The fraction of sp³-hybridized carbons (Fsp3) is 0.692. The first-order chi connectivity index (χ1) is 7.74. The van der Waals surface area contributed by atoms with Crippen molar-refractivity contribution < 1.29 is 9.59 Å². The first kappa shape index (κ1) is 11.4. The van der Waals surface area contributed by atoms with E-state index in [1.165, 1.54) is 0 Å². The van der Waals surface area contributed by atoms with Gasteiger partial charge in [0.1, 0.15) is 0 Å².